The Hall–Kier alpha value is -3.42. The van der Waals surface area contributed by atoms with E-state index in [0.29, 0.717) is 37.6 Å². The Bertz CT molecular complexity index is 915. The van der Waals surface area contributed by atoms with Crippen LogP contribution in [-0.4, -0.2) is 45.5 Å². The molecule has 2 aliphatic rings. The topological polar surface area (TPSA) is 89.1 Å². The summed E-state index contributed by atoms with van der Waals surface area (Å²) < 4.78 is 15.8. The van der Waals surface area contributed by atoms with Gasteiger partial charge in [-0.3, -0.25) is 4.79 Å². The van der Waals surface area contributed by atoms with Crippen LogP contribution in [0.25, 0.3) is 0 Å². The van der Waals surface area contributed by atoms with Crippen molar-refractivity contribution in [3.8, 4) is 17.2 Å². The number of hydrogen-bond donors (Lipinski definition) is 2. The Morgan fingerprint density at radius 2 is 1.93 bits per heavy atom. The molecule has 2 N–H and O–H groups in total. The predicted molar refractivity (Wildman–Crippen MR) is 111 cm³/mol. The van der Waals surface area contributed by atoms with Crippen LogP contribution in [0.4, 0.5) is 10.5 Å². The standard InChI is InChI=1S/C22H25N3O5/c1-28-18-5-2-15(3-6-18)8-9-23-22(27)24-12-16-10-21(26)25(13-16)17-4-7-19-20(11-17)30-14-29-19/h2-7,11,16H,8-10,12-14H2,1H3,(H2,23,24,27). The van der Waals surface area contributed by atoms with Crippen LogP contribution in [0.2, 0.25) is 0 Å². The minimum Gasteiger partial charge on any atom is -0.497 e. The van der Waals surface area contributed by atoms with Crippen molar-refractivity contribution in [3.05, 3.63) is 48.0 Å². The molecule has 4 rings (SSSR count). The molecule has 0 aromatic heterocycles. The second-order valence-electron chi connectivity index (χ2n) is 7.35. The maximum Gasteiger partial charge on any atom is 0.314 e. The van der Waals surface area contributed by atoms with Gasteiger partial charge in [-0.05, 0) is 36.2 Å². The smallest absolute Gasteiger partial charge is 0.314 e. The number of carbonyl (C=O) groups is 2. The highest BCUT2D eigenvalue weighted by atomic mass is 16.7. The summed E-state index contributed by atoms with van der Waals surface area (Å²) in [5.41, 5.74) is 1.91. The van der Waals surface area contributed by atoms with Gasteiger partial charge in [0, 0.05) is 43.7 Å². The van der Waals surface area contributed by atoms with E-state index in [-0.39, 0.29) is 24.6 Å². The minimum atomic E-state index is -0.225. The van der Waals surface area contributed by atoms with Crippen LogP contribution >= 0.6 is 0 Å². The fourth-order valence-corrected chi connectivity index (χ4v) is 3.63. The Morgan fingerprint density at radius 1 is 1.13 bits per heavy atom. The molecule has 8 heteroatoms. The predicted octanol–water partition coefficient (Wildman–Crippen LogP) is 2.32. The SMILES string of the molecule is COc1ccc(CCNC(=O)NCC2CC(=O)N(c3ccc4c(c3)OCO4)C2)cc1. The summed E-state index contributed by atoms with van der Waals surface area (Å²) in [6, 6.07) is 13.0. The zero-order valence-electron chi connectivity index (χ0n) is 16.8. The third-order valence-electron chi connectivity index (χ3n) is 5.28. The van der Waals surface area contributed by atoms with Crippen molar-refractivity contribution in [2.24, 2.45) is 5.92 Å². The first-order valence-corrected chi connectivity index (χ1v) is 9.97. The molecule has 1 saturated heterocycles. The summed E-state index contributed by atoms with van der Waals surface area (Å²) in [4.78, 5) is 26.2. The Morgan fingerprint density at radius 3 is 2.73 bits per heavy atom. The van der Waals surface area contributed by atoms with Gasteiger partial charge >= 0.3 is 6.03 Å². The van der Waals surface area contributed by atoms with Crippen molar-refractivity contribution in [2.75, 3.05) is 38.4 Å². The molecule has 2 aromatic carbocycles. The molecule has 3 amide bonds. The van der Waals surface area contributed by atoms with Crippen LogP contribution < -0.4 is 29.7 Å². The van der Waals surface area contributed by atoms with E-state index >= 15 is 0 Å². The fraction of sp³-hybridized carbons (Fsp3) is 0.364. The molecule has 2 heterocycles. The highest BCUT2D eigenvalue weighted by Crippen LogP contribution is 2.37. The highest BCUT2D eigenvalue weighted by molar-refractivity contribution is 5.96. The molecule has 1 fully saturated rings. The lowest BCUT2D eigenvalue weighted by molar-refractivity contribution is -0.117. The molecule has 1 unspecified atom stereocenters. The van der Waals surface area contributed by atoms with E-state index in [1.165, 1.54) is 0 Å². The zero-order valence-corrected chi connectivity index (χ0v) is 16.8. The number of nitrogens with one attached hydrogen (secondary N) is 2. The lowest BCUT2D eigenvalue weighted by Crippen LogP contribution is -2.39. The molecule has 158 valence electrons. The second kappa shape index (κ2) is 8.94. The van der Waals surface area contributed by atoms with Gasteiger partial charge in [0.25, 0.3) is 0 Å². The first-order chi connectivity index (χ1) is 14.6. The monoisotopic (exact) mass is 411 g/mol. The maximum absolute atomic E-state index is 12.4. The van der Waals surface area contributed by atoms with Crippen molar-refractivity contribution in [1.82, 2.24) is 10.6 Å². The molecule has 2 aromatic rings. The third kappa shape index (κ3) is 4.59. The number of benzene rings is 2. The number of urea groups is 1. The van der Waals surface area contributed by atoms with Gasteiger partial charge in [-0.15, -0.1) is 0 Å². The number of nitrogens with zero attached hydrogens (tertiary/aromatic N) is 1. The number of methoxy groups -OCH3 is 1. The molecule has 1 atom stereocenters. The zero-order chi connectivity index (χ0) is 20.9. The van der Waals surface area contributed by atoms with Gasteiger partial charge in [0.1, 0.15) is 5.75 Å². The maximum atomic E-state index is 12.4. The first kappa shape index (κ1) is 19.9. The lowest BCUT2D eigenvalue weighted by Gasteiger charge is -2.17. The number of fused-ring (bicyclic) bond motifs is 1. The largest absolute Gasteiger partial charge is 0.497 e. The molecule has 0 aliphatic carbocycles. The van der Waals surface area contributed by atoms with E-state index in [1.807, 2.05) is 42.5 Å². The Kier molecular flexibility index (Phi) is 5.92. The fourth-order valence-electron chi connectivity index (χ4n) is 3.63. The molecule has 8 nitrogen and oxygen atoms in total. The van der Waals surface area contributed by atoms with E-state index in [2.05, 4.69) is 10.6 Å². The number of carbonyl (C=O) groups excluding carboxylic acids is 2. The first-order valence-electron chi connectivity index (χ1n) is 9.97. The normalized spacial score (nSPS) is 17.2. The van der Waals surface area contributed by atoms with Gasteiger partial charge < -0.3 is 29.7 Å². The van der Waals surface area contributed by atoms with Crippen molar-refractivity contribution in [2.45, 2.75) is 12.8 Å². The van der Waals surface area contributed by atoms with Gasteiger partial charge in [0.15, 0.2) is 11.5 Å². The van der Waals surface area contributed by atoms with Gasteiger partial charge in [0.05, 0.1) is 7.11 Å². The molecule has 2 aliphatic heterocycles. The average Bonchev–Trinajstić information content (AvgIpc) is 3.38. The van der Waals surface area contributed by atoms with Crippen LogP contribution in [0, 0.1) is 5.92 Å². The summed E-state index contributed by atoms with van der Waals surface area (Å²) in [6.07, 6.45) is 1.14. The highest BCUT2D eigenvalue weighted by Gasteiger charge is 2.31. The second-order valence-corrected chi connectivity index (χ2v) is 7.35. The summed E-state index contributed by atoms with van der Waals surface area (Å²) in [6.45, 7) is 1.74. The van der Waals surface area contributed by atoms with Gasteiger partial charge in [-0.1, -0.05) is 12.1 Å². The number of ether oxygens (including phenoxy) is 3. The summed E-state index contributed by atoms with van der Waals surface area (Å²) in [7, 11) is 1.63. The van der Waals surface area contributed by atoms with Gasteiger partial charge in [-0.2, -0.15) is 0 Å². The Balaban J connectivity index is 1.20. The average molecular weight is 411 g/mol. The summed E-state index contributed by atoms with van der Waals surface area (Å²) in [5, 5.41) is 5.73. The number of amides is 3. The van der Waals surface area contributed by atoms with Crippen LogP contribution in [-0.2, 0) is 11.2 Å². The van der Waals surface area contributed by atoms with Crippen molar-refractivity contribution < 1.29 is 23.8 Å². The molecule has 0 spiro atoms. The summed E-state index contributed by atoms with van der Waals surface area (Å²) in [5.74, 6) is 2.26. The lowest BCUT2D eigenvalue weighted by atomic mass is 10.1. The van der Waals surface area contributed by atoms with E-state index < -0.39 is 0 Å². The van der Waals surface area contributed by atoms with Crippen LogP contribution in [0.1, 0.15) is 12.0 Å². The van der Waals surface area contributed by atoms with Crippen LogP contribution in [0.15, 0.2) is 42.5 Å². The van der Waals surface area contributed by atoms with E-state index in [0.717, 1.165) is 23.4 Å². The molecule has 0 saturated carbocycles. The van der Waals surface area contributed by atoms with E-state index in [9.17, 15) is 9.59 Å². The minimum absolute atomic E-state index is 0.0422. The van der Waals surface area contributed by atoms with Crippen molar-refractivity contribution in [1.29, 1.82) is 0 Å². The molecule has 0 radical (unpaired) electrons. The van der Waals surface area contributed by atoms with Crippen molar-refractivity contribution >= 4 is 17.6 Å². The van der Waals surface area contributed by atoms with Crippen molar-refractivity contribution in [3.63, 3.8) is 0 Å². The molecule has 0 bridgehead atoms. The Labute approximate surface area is 175 Å². The van der Waals surface area contributed by atoms with E-state index in [4.69, 9.17) is 14.2 Å². The number of anilines is 1. The number of rotatable bonds is 7. The van der Waals surface area contributed by atoms with Gasteiger partial charge in [0.2, 0.25) is 12.7 Å². The van der Waals surface area contributed by atoms with Crippen LogP contribution in [0.5, 0.6) is 17.2 Å². The molecular formula is C22H25N3O5. The number of hydrogen-bond acceptors (Lipinski definition) is 5. The quantitative estimate of drug-likeness (QED) is 0.730. The van der Waals surface area contributed by atoms with Crippen LogP contribution in [0.3, 0.4) is 0 Å². The molecule has 30 heavy (non-hydrogen) atoms. The van der Waals surface area contributed by atoms with Gasteiger partial charge in [-0.25, -0.2) is 4.79 Å². The summed E-state index contributed by atoms with van der Waals surface area (Å²) >= 11 is 0. The molecular weight excluding hydrogens is 386 g/mol. The van der Waals surface area contributed by atoms with E-state index in [1.54, 1.807) is 12.0 Å². The third-order valence-corrected chi connectivity index (χ3v) is 5.28.